The second-order valence-electron chi connectivity index (χ2n) is 8.36. The molecule has 31 heavy (non-hydrogen) atoms. The van der Waals surface area contributed by atoms with Gasteiger partial charge in [-0.1, -0.05) is 18.2 Å². The molecule has 0 amide bonds. The zero-order valence-electron chi connectivity index (χ0n) is 18.1. The van der Waals surface area contributed by atoms with Crippen LogP contribution in [0.4, 0.5) is 0 Å². The van der Waals surface area contributed by atoms with Gasteiger partial charge in [0.25, 0.3) is 0 Å². The van der Waals surface area contributed by atoms with Crippen molar-refractivity contribution in [2.24, 2.45) is 0 Å². The first-order valence-corrected chi connectivity index (χ1v) is 11.0. The van der Waals surface area contributed by atoms with Gasteiger partial charge in [0.1, 0.15) is 24.7 Å². The number of fused-ring (bicyclic) bond motifs is 1. The van der Waals surface area contributed by atoms with Gasteiger partial charge in [-0.25, -0.2) is 0 Å². The van der Waals surface area contributed by atoms with Crippen molar-refractivity contribution < 1.29 is 14.2 Å². The standard InChI is InChI=1S/C26H28N2O3/c1-18-14-23(15-19(2)27-18)31-22-8-5-20(6-9-22)17-28-11-3-4-24(28)21-7-10-25-26(16-21)30-13-12-29-25/h5-10,14-16,24H,3-4,11-13,17H2,1-2H3/t24-/m0/s1. The van der Waals surface area contributed by atoms with Crippen LogP contribution in [-0.4, -0.2) is 29.6 Å². The largest absolute Gasteiger partial charge is 0.486 e. The summed E-state index contributed by atoms with van der Waals surface area (Å²) in [5, 5.41) is 0. The smallest absolute Gasteiger partial charge is 0.161 e. The van der Waals surface area contributed by atoms with Gasteiger partial charge in [-0.05, 0) is 68.6 Å². The molecule has 0 saturated carbocycles. The van der Waals surface area contributed by atoms with Gasteiger partial charge >= 0.3 is 0 Å². The topological polar surface area (TPSA) is 43.8 Å². The van der Waals surface area contributed by atoms with Crippen molar-refractivity contribution in [3.63, 3.8) is 0 Å². The molecule has 5 rings (SSSR count). The summed E-state index contributed by atoms with van der Waals surface area (Å²) in [6.07, 6.45) is 2.38. The van der Waals surface area contributed by atoms with E-state index < -0.39 is 0 Å². The Balaban J connectivity index is 1.27. The Morgan fingerprint density at radius 3 is 2.42 bits per heavy atom. The Morgan fingerprint density at radius 1 is 0.903 bits per heavy atom. The molecule has 5 nitrogen and oxygen atoms in total. The van der Waals surface area contributed by atoms with Crippen molar-refractivity contribution in [3.8, 4) is 23.0 Å². The highest BCUT2D eigenvalue weighted by molar-refractivity contribution is 5.45. The van der Waals surface area contributed by atoms with E-state index in [1.54, 1.807) is 0 Å². The minimum Gasteiger partial charge on any atom is -0.486 e. The predicted octanol–water partition coefficient (Wildman–Crippen LogP) is 5.60. The number of hydrogen-bond donors (Lipinski definition) is 0. The Hall–Kier alpha value is -3.05. The molecule has 0 bridgehead atoms. The lowest BCUT2D eigenvalue weighted by Crippen LogP contribution is -2.23. The highest BCUT2D eigenvalue weighted by Crippen LogP contribution is 2.38. The first kappa shape index (κ1) is 19.9. The predicted molar refractivity (Wildman–Crippen MR) is 120 cm³/mol. The van der Waals surface area contributed by atoms with E-state index >= 15 is 0 Å². The molecule has 0 aliphatic carbocycles. The molecule has 2 aliphatic rings. The number of benzene rings is 2. The van der Waals surface area contributed by atoms with E-state index in [0.717, 1.165) is 47.5 Å². The lowest BCUT2D eigenvalue weighted by atomic mass is 10.0. The number of likely N-dealkylation sites (tertiary alicyclic amines) is 1. The number of aromatic nitrogens is 1. The second kappa shape index (κ2) is 8.60. The van der Waals surface area contributed by atoms with Gasteiger partial charge in [-0.15, -0.1) is 0 Å². The van der Waals surface area contributed by atoms with E-state index in [1.165, 1.54) is 24.0 Å². The summed E-state index contributed by atoms with van der Waals surface area (Å²) in [5.74, 6) is 3.41. The first-order chi connectivity index (χ1) is 15.1. The summed E-state index contributed by atoms with van der Waals surface area (Å²) in [4.78, 5) is 6.96. The SMILES string of the molecule is Cc1cc(Oc2ccc(CN3CCC[C@H]3c3ccc4c(c3)OCCO4)cc2)cc(C)n1. The Kier molecular flexibility index (Phi) is 5.51. The van der Waals surface area contributed by atoms with Gasteiger partial charge in [-0.3, -0.25) is 9.88 Å². The quantitative estimate of drug-likeness (QED) is 0.542. The minimum atomic E-state index is 0.412. The van der Waals surface area contributed by atoms with Crippen molar-refractivity contribution in [2.45, 2.75) is 39.3 Å². The number of hydrogen-bond acceptors (Lipinski definition) is 5. The molecule has 0 radical (unpaired) electrons. The Morgan fingerprint density at radius 2 is 1.65 bits per heavy atom. The molecule has 2 aromatic carbocycles. The Bertz CT molecular complexity index is 1040. The maximum atomic E-state index is 6.03. The molecule has 0 unspecified atom stereocenters. The molecule has 1 fully saturated rings. The third-order valence-corrected chi connectivity index (χ3v) is 5.91. The molecule has 3 heterocycles. The van der Waals surface area contributed by atoms with Crippen LogP contribution in [0.1, 0.15) is 41.4 Å². The van der Waals surface area contributed by atoms with E-state index in [1.807, 2.05) is 26.0 Å². The van der Waals surface area contributed by atoms with Gasteiger partial charge in [0, 0.05) is 36.1 Å². The summed E-state index contributed by atoms with van der Waals surface area (Å²) < 4.78 is 17.5. The molecule has 0 spiro atoms. The molecular weight excluding hydrogens is 388 g/mol. The first-order valence-electron chi connectivity index (χ1n) is 11.0. The zero-order chi connectivity index (χ0) is 21.2. The number of nitrogens with zero attached hydrogens (tertiary/aromatic N) is 2. The molecule has 1 atom stereocenters. The van der Waals surface area contributed by atoms with Gasteiger partial charge in [0.2, 0.25) is 0 Å². The zero-order valence-corrected chi connectivity index (χ0v) is 18.1. The van der Waals surface area contributed by atoms with Crippen molar-refractivity contribution in [2.75, 3.05) is 19.8 Å². The maximum absolute atomic E-state index is 6.03. The van der Waals surface area contributed by atoms with Crippen LogP contribution in [0.5, 0.6) is 23.0 Å². The third kappa shape index (κ3) is 4.52. The molecule has 1 saturated heterocycles. The van der Waals surface area contributed by atoms with Crippen LogP contribution in [0.25, 0.3) is 0 Å². The van der Waals surface area contributed by atoms with Crippen LogP contribution in [0.15, 0.2) is 54.6 Å². The maximum Gasteiger partial charge on any atom is 0.161 e. The molecule has 0 N–H and O–H groups in total. The summed E-state index contributed by atoms with van der Waals surface area (Å²) in [7, 11) is 0. The minimum absolute atomic E-state index is 0.412. The summed E-state index contributed by atoms with van der Waals surface area (Å²) in [5.41, 5.74) is 4.53. The fourth-order valence-corrected chi connectivity index (χ4v) is 4.55. The molecular formula is C26H28N2O3. The molecule has 3 aromatic rings. The van der Waals surface area contributed by atoms with Gasteiger partial charge in [-0.2, -0.15) is 0 Å². The Labute approximate surface area is 183 Å². The molecule has 2 aliphatic heterocycles. The van der Waals surface area contributed by atoms with Gasteiger partial charge in [0.15, 0.2) is 11.5 Å². The fraction of sp³-hybridized carbons (Fsp3) is 0.346. The van der Waals surface area contributed by atoms with E-state index in [0.29, 0.717) is 19.3 Å². The molecule has 160 valence electrons. The van der Waals surface area contributed by atoms with Gasteiger partial charge < -0.3 is 14.2 Å². The average molecular weight is 417 g/mol. The number of rotatable bonds is 5. The van der Waals surface area contributed by atoms with E-state index in [4.69, 9.17) is 14.2 Å². The molecule has 1 aromatic heterocycles. The number of aryl methyl sites for hydroxylation is 2. The van der Waals surface area contributed by atoms with Crippen LogP contribution in [0.2, 0.25) is 0 Å². The fourth-order valence-electron chi connectivity index (χ4n) is 4.55. The monoisotopic (exact) mass is 416 g/mol. The van der Waals surface area contributed by atoms with Crippen LogP contribution in [0, 0.1) is 13.8 Å². The second-order valence-corrected chi connectivity index (χ2v) is 8.36. The third-order valence-electron chi connectivity index (χ3n) is 5.91. The van der Waals surface area contributed by atoms with Crippen LogP contribution in [-0.2, 0) is 6.54 Å². The lowest BCUT2D eigenvalue weighted by molar-refractivity contribution is 0.170. The van der Waals surface area contributed by atoms with E-state index in [2.05, 4.69) is 52.3 Å². The van der Waals surface area contributed by atoms with Gasteiger partial charge in [0.05, 0.1) is 0 Å². The highest BCUT2D eigenvalue weighted by atomic mass is 16.6. The van der Waals surface area contributed by atoms with Crippen LogP contribution < -0.4 is 14.2 Å². The van der Waals surface area contributed by atoms with Crippen molar-refractivity contribution >= 4 is 0 Å². The van der Waals surface area contributed by atoms with Crippen molar-refractivity contribution in [3.05, 3.63) is 77.1 Å². The van der Waals surface area contributed by atoms with E-state index in [-0.39, 0.29) is 0 Å². The van der Waals surface area contributed by atoms with Crippen molar-refractivity contribution in [1.82, 2.24) is 9.88 Å². The summed E-state index contributed by atoms with van der Waals surface area (Å²) >= 11 is 0. The number of ether oxygens (including phenoxy) is 3. The summed E-state index contributed by atoms with van der Waals surface area (Å²) in [6.45, 7) is 7.24. The summed E-state index contributed by atoms with van der Waals surface area (Å²) in [6, 6.07) is 19.2. The van der Waals surface area contributed by atoms with Crippen LogP contribution >= 0.6 is 0 Å². The number of pyridine rings is 1. The highest BCUT2D eigenvalue weighted by Gasteiger charge is 2.27. The average Bonchev–Trinajstić information content (AvgIpc) is 3.22. The van der Waals surface area contributed by atoms with E-state index in [9.17, 15) is 0 Å². The van der Waals surface area contributed by atoms with Crippen LogP contribution in [0.3, 0.4) is 0 Å². The lowest BCUT2D eigenvalue weighted by Gasteiger charge is -2.26. The van der Waals surface area contributed by atoms with Crippen molar-refractivity contribution in [1.29, 1.82) is 0 Å². The molecule has 5 heteroatoms. The normalized spacial score (nSPS) is 18.2.